The SMILES string of the molecule is CCC/C=C\C=C1/N(C)CCN1Cc1ccc(/C(N)=N\OC2CCNCC2)cc1F. The van der Waals surface area contributed by atoms with E-state index < -0.39 is 0 Å². The third-order valence-corrected chi connectivity index (χ3v) is 5.55. The molecule has 2 aliphatic rings. The van der Waals surface area contributed by atoms with Crippen molar-refractivity contribution >= 4 is 5.84 Å². The highest BCUT2D eigenvalue weighted by Gasteiger charge is 2.22. The molecule has 1 aromatic rings. The van der Waals surface area contributed by atoms with Crippen LogP contribution < -0.4 is 11.1 Å². The summed E-state index contributed by atoms with van der Waals surface area (Å²) in [4.78, 5) is 9.93. The van der Waals surface area contributed by atoms with Crippen molar-refractivity contribution < 1.29 is 9.23 Å². The summed E-state index contributed by atoms with van der Waals surface area (Å²) < 4.78 is 14.8. The Labute approximate surface area is 179 Å². The maximum absolute atomic E-state index is 14.8. The van der Waals surface area contributed by atoms with E-state index in [0.29, 0.717) is 17.7 Å². The van der Waals surface area contributed by atoms with Crippen LogP contribution in [0.15, 0.2) is 47.4 Å². The van der Waals surface area contributed by atoms with E-state index in [1.165, 1.54) is 6.07 Å². The molecule has 2 heterocycles. The molecule has 30 heavy (non-hydrogen) atoms. The second kappa shape index (κ2) is 11.0. The van der Waals surface area contributed by atoms with Gasteiger partial charge in [-0.05, 0) is 44.5 Å². The van der Waals surface area contributed by atoms with Gasteiger partial charge in [-0.1, -0.05) is 42.8 Å². The monoisotopic (exact) mass is 415 g/mol. The Morgan fingerprint density at radius 2 is 2.13 bits per heavy atom. The number of rotatable bonds is 8. The molecule has 0 saturated carbocycles. The van der Waals surface area contributed by atoms with Crippen LogP contribution in [0.25, 0.3) is 0 Å². The first-order valence-electron chi connectivity index (χ1n) is 10.9. The molecule has 164 valence electrons. The largest absolute Gasteiger partial charge is 0.391 e. The smallest absolute Gasteiger partial charge is 0.170 e. The number of nitrogens with two attached hydrogens (primary N) is 1. The second-order valence-corrected chi connectivity index (χ2v) is 7.92. The molecule has 0 aromatic heterocycles. The predicted molar refractivity (Wildman–Crippen MR) is 119 cm³/mol. The third kappa shape index (κ3) is 5.98. The number of hydrogen-bond donors (Lipinski definition) is 2. The number of hydrogen-bond acceptors (Lipinski definition) is 5. The molecular weight excluding hydrogens is 381 g/mol. The molecule has 2 saturated heterocycles. The summed E-state index contributed by atoms with van der Waals surface area (Å²) in [5, 5.41) is 7.30. The molecule has 0 atom stereocenters. The van der Waals surface area contributed by atoms with E-state index in [2.05, 4.69) is 52.5 Å². The van der Waals surface area contributed by atoms with Gasteiger partial charge in [0.25, 0.3) is 0 Å². The van der Waals surface area contributed by atoms with Crippen LogP contribution >= 0.6 is 0 Å². The first-order chi connectivity index (χ1) is 14.6. The van der Waals surface area contributed by atoms with Crippen LogP contribution in [-0.2, 0) is 11.4 Å². The van der Waals surface area contributed by atoms with Gasteiger partial charge in [0.2, 0.25) is 0 Å². The average molecular weight is 416 g/mol. The Morgan fingerprint density at radius 1 is 1.33 bits per heavy atom. The molecule has 2 aliphatic heterocycles. The molecule has 0 aliphatic carbocycles. The highest BCUT2D eigenvalue weighted by Crippen LogP contribution is 2.22. The van der Waals surface area contributed by atoms with Gasteiger partial charge in [0.1, 0.15) is 17.7 Å². The summed E-state index contributed by atoms with van der Waals surface area (Å²) in [6, 6.07) is 5.05. The van der Waals surface area contributed by atoms with Gasteiger partial charge >= 0.3 is 0 Å². The van der Waals surface area contributed by atoms with Crippen LogP contribution in [0.5, 0.6) is 0 Å². The van der Waals surface area contributed by atoms with E-state index in [1.807, 2.05) is 6.07 Å². The van der Waals surface area contributed by atoms with Gasteiger partial charge in [-0.3, -0.25) is 0 Å². The van der Waals surface area contributed by atoms with E-state index in [9.17, 15) is 4.39 Å². The van der Waals surface area contributed by atoms with E-state index >= 15 is 0 Å². The number of oxime groups is 1. The molecule has 7 heteroatoms. The molecule has 1 aromatic carbocycles. The number of amidine groups is 1. The Bertz CT molecular complexity index is 786. The fraction of sp³-hybridized carbons (Fsp3) is 0.522. The number of unbranched alkanes of at least 4 members (excludes halogenated alkanes) is 1. The fourth-order valence-corrected chi connectivity index (χ4v) is 3.68. The summed E-state index contributed by atoms with van der Waals surface area (Å²) in [5.41, 5.74) is 7.21. The molecule has 3 rings (SSSR count). The van der Waals surface area contributed by atoms with Gasteiger partial charge in [-0.15, -0.1) is 0 Å². The third-order valence-electron chi connectivity index (χ3n) is 5.55. The minimum Gasteiger partial charge on any atom is -0.391 e. The van der Waals surface area contributed by atoms with Crippen LogP contribution in [0.4, 0.5) is 4.39 Å². The number of piperidine rings is 1. The van der Waals surface area contributed by atoms with Gasteiger partial charge < -0.3 is 25.7 Å². The summed E-state index contributed by atoms with van der Waals surface area (Å²) in [6.45, 7) is 6.32. The standard InChI is InChI=1S/C23H34FN5O/c1-3-4-5-6-7-22-28(2)14-15-29(22)17-19-9-8-18(16-21(19)24)23(25)27-30-20-10-12-26-13-11-20/h5-9,16,20,26H,3-4,10-15,17H2,1-2H3,(H2,25,27)/b6-5-,22-7+. The van der Waals surface area contributed by atoms with Gasteiger partial charge in [0.15, 0.2) is 5.84 Å². The zero-order chi connectivity index (χ0) is 21.3. The van der Waals surface area contributed by atoms with Crippen LogP contribution in [0.3, 0.4) is 0 Å². The Kier molecular flexibility index (Phi) is 8.13. The van der Waals surface area contributed by atoms with E-state index in [-0.39, 0.29) is 17.8 Å². The lowest BCUT2D eigenvalue weighted by molar-refractivity contribution is 0.0375. The molecule has 6 nitrogen and oxygen atoms in total. The summed E-state index contributed by atoms with van der Waals surface area (Å²) in [5.74, 6) is 1.05. The van der Waals surface area contributed by atoms with Crippen molar-refractivity contribution in [3.8, 4) is 0 Å². The highest BCUT2D eigenvalue weighted by molar-refractivity contribution is 5.97. The average Bonchev–Trinajstić information content (AvgIpc) is 3.11. The molecule has 0 radical (unpaired) electrons. The molecule has 0 unspecified atom stereocenters. The zero-order valence-electron chi connectivity index (χ0n) is 18.1. The number of nitrogens with zero attached hydrogens (tertiary/aromatic N) is 3. The molecule has 2 fully saturated rings. The topological polar surface area (TPSA) is 66.1 Å². The minimum atomic E-state index is -0.275. The number of allylic oxidation sites excluding steroid dienone is 3. The van der Waals surface area contributed by atoms with E-state index in [0.717, 1.165) is 57.7 Å². The zero-order valence-corrected chi connectivity index (χ0v) is 18.1. The van der Waals surface area contributed by atoms with Crippen molar-refractivity contribution in [3.05, 3.63) is 59.2 Å². The quantitative estimate of drug-likeness (QED) is 0.388. The van der Waals surface area contributed by atoms with Crippen molar-refractivity contribution in [2.24, 2.45) is 10.9 Å². The van der Waals surface area contributed by atoms with E-state index in [4.69, 9.17) is 10.6 Å². The summed E-state index contributed by atoms with van der Waals surface area (Å²) >= 11 is 0. The summed E-state index contributed by atoms with van der Waals surface area (Å²) in [6.07, 6.45) is 10.4. The Balaban J connectivity index is 1.64. The molecular formula is C23H34FN5O. The molecule has 0 amide bonds. The van der Waals surface area contributed by atoms with Gasteiger partial charge in [-0.2, -0.15) is 0 Å². The van der Waals surface area contributed by atoms with Gasteiger partial charge in [0.05, 0.1) is 0 Å². The number of benzene rings is 1. The van der Waals surface area contributed by atoms with Crippen LogP contribution in [0.1, 0.15) is 43.7 Å². The summed E-state index contributed by atoms with van der Waals surface area (Å²) in [7, 11) is 2.07. The van der Waals surface area contributed by atoms with Crippen molar-refractivity contribution in [2.75, 3.05) is 33.2 Å². The number of nitrogens with one attached hydrogen (secondary N) is 1. The normalized spacial score (nSPS) is 20.0. The van der Waals surface area contributed by atoms with Crippen LogP contribution in [0, 0.1) is 5.82 Å². The van der Waals surface area contributed by atoms with Crippen molar-refractivity contribution in [2.45, 2.75) is 45.3 Å². The first-order valence-corrected chi connectivity index (χ1v) is 10.9. The Morgan fingerprint density at radius 3 is 2.87 bits per heavy atom. The molecule has 0 bridgehead atoms. The lowest BCUT2D eigenvalue weighted by atomic mass is 10.1. The van der Waals surface area contributed by atoms with Crippen LogP contribution in [-0.4, -0.2) is 55.0 Å². The lowest BCUT2D eigenvalue weighted by Crippen LogP contribution is -2.32. The minimum absolute atomic E-state index is 0.0673. The van der Waals surface area contributed by atoms with Gasteiger partial charge in [-0.25, -0.2) is 4.39 Å². The second-order valence-electron chi connectivity index (χ2n) is 7.92. The highest BCUT2D eigenvalue weighted by atomic mass is 19.1. The lowest BCUT2D eigenvalue weighted by Gasteiger charge is -2.22. The van der Waals surface area contributed by atoms with Crippen LogP contribution in [0.2, 0.25) is 0 Å². The maximum atomic E-state index is 14.8. The molecule has 3 N–H and O–H groups in total. The first kappa shape index (κ1) is 22.2. The Hall–Kier alpha value is -2.54. The van der Waals surface area contributed by atoms with Crippen molar-refractivity contribution in [1.82, 2.24) is 15.1 Å². The fourth-order valence-electron chi connectivity index (χ4n) is 3.68. The van der Waals surface area contributed by atoms with E-state index in [1.54, 1.807) is 6.07 Å². The van der Waals surface area contributed by atoms with Gasteiger partial charge in [0, 0.05) is 37.8 Å². The predicted octanol–water partition coefficient (Wildman–Crippen LogP) is 3.16. The number of halogens is 1. The number of likely N-dealkylation sites (N-methyl/N-ethyl adjacent to an activating group) is 1. The van der Waals surface area contributed by atoms with Crippen molar-refractivity contribution in [1.29, 1.82) is 0 Å². The molecule has 0 spiro atoms. The van der Waals surface area contributed by atoms with Crippen molar-refractivity contribution in [3.63, 3.8) is 0 Å². The maximum Gasteiger partial charge on any atom is 0.170 e.